The summed E-state index contributed by atoms with van der Waals surface area (Å²) in [5, 5.41) is 2.70. The summed E-state index contributed by atoms with van der Waals surface area (Å²) in [5.74, 6) is 0.953. The summed E-state index contributed by atoms with van der Waals surface area (Å²) in [5.41, 5.74) is 7.60. The number of nitrogens with zero attached hydrogens (tertiary/aromatic N) is 1. The standard InChI is InChI=1S/C19H21N3O4/c1-25-15-8-9-16(20)17(11-15)21-18(23)12-26-14-6-4-13(5-7-14)22-10-2-3-19(22)24/h4-9,11H,2-3,10,12,20H2,1H3,(H,21,23). The van der Waals surface area contributed by atoms with Gasteiger partial charge in [-0.3, -0.25) is 9.59 Å². The summed E-state index contributed by atoms with van der Waals surface area (Å²) < 4.78 is 10.6. The molecule has 0 aromatic heterocycles. The molecule has 26 heavy (non-hydrogen) atoms. The Kier molecular flexibility index (Phi) is 5.26. The zero-order valence-electron chi connectivity index (χ0n) is 14.5. The van der Waals surface area contributed by atoms with Crippen molar-refractivity contribution in [3.05, 3.63) is 42.5 Å². The lowest BCUT2D eigenvalue weighted by Crippen LogP contribution is -2.23. The summed E-state index contributed by atoms with van der Waals surface area (Å²) in [6.45, 7) is 0.585. The molecular weight excluding hydrogens is 334 g/mol. The minimum Gasteiger partial charge on any atom is -0.497 e. The number of hydrogen-bond donors (Lipinski definition) is 2. The van der Waals surface area contributed by atoms with Gasteiger partial charge in [-0.15, -0.1) is 0 Å². The number of benzene rings is 2. The van der Waals surface area contributed by atoms with Gasteiger partial charge in [0.15, 0.2) is 6.61 Å². The fraction of sp³-hybridized carbons (Fsp3) is 0.263. The monoisotopic (exact) mass is 355 g/mol. The average molecular weight is 355 g/mol. The number of nitrogens with one attached hydrogen (secondary N) is 1. The van der Waals surface area contributed by atoms with Crippen molar-refractivity contribution < 1.29 is 19.1 Å². The maximum Gasteiger partial charge on any atom is 0.262 e. The van der Waals surface area contributed by atoms with E-state index in [-0.39, 0.29) is 18.4 Å². The third-order valence-electron chi connectivity index (χ3n) is 4.13. The highest BCUT2D eigenvalue weighted by molar-refractivity contribution is 5.96. The zero-order valence-corrected chi connectivity index (χ0v) is 14.5. The van der Waals surface area contributed by atoms with Crippen LogP contribution in [-0.2, 0) is 9.59 Å². The molecule has 3 rings (SSSR count). The summed E-state index contributed by atoms with van der Waals surface area (Å²) >= 11 is 0. The van der Waals surface area contributed by atoms with E-state index in [1.165, 1.54) is 0 Å². The maximum atomic E-state index is 12.1. The molecular formula is C19H21N3O4. The van der Waals surface area contributed by atoms with Gasteiger partial charge in [0.1, 0.15) is 11.5 Å². The summed E-state index contributed by atoms with van der Waals surface area (Å²) in [6.07, 6.45) is 1.47. The quantitative estimate of drug-likeness (QED) is 0.776. The molecule has 3 N–H and O–H groups in total. The van der Waals surface area contributed by atoms with Gasteiger partial charge in [0.2, 0.25) is 5.91 Å². The Hall–Kier alpha value is -3.22. The van der Waals surface area contributed by atoms with Gasteiger partial charge in [0.05, 0.1) is 18.5 Å². The third-order valence-corrected chi connectivity index (χ3v) is 4.13. The number of hydrogen-bond acceptors (Lipinski definition) is 5. The highest BCUT2D eigenvalue weighted by atomic mass is 16.5. The lowest BCUT2D eigenvalue weighted by atomic mass is 10.2. The Morgan fingerprint density at radius 2 is 1.92 bits per heavy atom. The van der Waals surface area contributed by atoms with Crippen LogP contribution in [0.25, 0.3) is 0 Å². The largest absolute Gasteiger partial charge is 0.497 e. The number of carbonyl (C=O) groups is 2. The maximum absolute atomic E-state index is 12.1. The minimum absolute atomic E-state index is 0.133. The molecule has 2 aromatic carbocycles. The molecule has 1 aliphatic heterocycles. The van der Waals surface area contributed by atoms with Crippen LogP contribution in [0.5, 0.6) is 11.5 Å². The van der Waals surface area contributed by atoms with Gasteiger partial charge in [-0.25, -0.2) is 0 Å². The zero-order chi connectivity index (χ0) is 18.5. The number of methoxy groups -OCH3 is 1. The number of ether oxygens (including phenoxy) is 2. The number of rotatable bonds is 6. The second-order valence-electron chi connectivity index (χ2n) is 5.93. The Labute approximate surface area is 151 Å². The molecule has 0 atom stereocenters. The Morgan fingerprint density at radius 1 is 1.19 bits per heavy atom. The van der Waals surface area contributed by atoms with E-state index in [2.05, 4.69) is 5.32 Å². The minimum atomic E-state index is -0.330. The van der Waals surface area contributed by atoms with Crippen molar-refractivity contribution in [3.8, 4) is 11.5 Å². The van der Waals surface area contributed by atoms with Gasteiger partial charge in [-0.2, -0.15) is 0 Å². The predicted octanol–water partition coefficient (Wildman–Crippen LogP) is 2.42. The van der Waals surface area contributed by atoms with Crippen LogP contribution >= 0.6 is 0 Å². The number of nitrogens with two attached hydrogens (primary N) is 1. The first kappa shape index (κ1) is 17.6. The van der Waals surface area contributed by atoms with Crippen LogP contribution in [0, 0.1) is 0 Å². The SMILES string of the molecule is COc1ccc(N)c(NC(=O)COc2ccc(N3CCCC3=O)cc2)c1. The second kappa shape index (κ2) is 7.77. The van der Waals surface area contributed by atoms with Crippen molar-refractivity contribution in [2.75, 3.05) is 36.2 Å². The van der Waals surface area contributed by atoms with Gasteiger partial charge >= 0.3 is 0 Å². The Bertz CT molecular complexity index is 805. The van der Waals surface area contributed by atoms with Crippen molar-refractivity contribution in [3.63, 3.8) is 0 Å². The highest BCUT2D eigenvalue weighted by Crippen LogP contribution is 2.25. The smallest absolute Gasteiger partial charge is 0.262 e. The topological polar surface area (TPSA) is 93.9 Å². The van der Waals surface area contributed by atoms with Crippen molar-refractivity contribution in [1.82, 2.24) is 0 Å². The molecule has 0 bridgehead atoms. The predicted molar refractivity (Wildman–Crippen MR) is 99.6 cm³/mol. The van der Waals surface area contributed by atoms with E-state index in [1.54, 1.807) is 42.3 Å². The van der Waals surface area contributed by atoms with Crippen LogP contribution < -0.4 is 25.4 Å². The van der Waals surface area contributed by atoms with E-state index < -0.39 is 0 Å². The molecule has 1 aliphatic rings. The number of carbonyl (C=O) groups excluding carboxylic acids is 2. The van der Waals surface area contributed by atoms with Crippen molar-refractivity contribution >= 4 is 28.9 Å². The lowest BCUT2D eigenvalue weighted by molar-refractivity contribution is -0.118. The molecule has 1 fully saturated rings. The van der Waals surface area contributed by atoms with E-state index in [9.17, 15) is 9.59 Å². The summed E-state index contributed by atoms with van der Waals surface area (Å²) in [4.78, 5) is 25.6. The van der Waals surface area contributed by atoms with Gasteiger partial charge < -0.3 is 25.4 Å². The average Bonchev–Trinajstić information content (AvgIpc) is 3.08. The Morgan fingerprint density at radius 3 is 2.58 bits per heavy atom. The van der Waals surface area contributed by atoms with Gasteiger partial charge in [-0.1, -0.05) is 0 Å². The lowest BCUT2D eigenvalue weighted by Gasteiger charge is -2.16. The van der Waals surface area contributed by atoms with E-state index in [0.717, 1.165) is 18.7 Å². The number of anilines is 3. The van der Waals surface area contributed by atoms with Crippen LogP contribution in [-0.4, -0.2) is 32.1 Å². The van der Waals surface area contributed by atoms with Crippen LogP contribution in [0.4, 0.5) is 17.1 Å². The molecule has 0 spiro atoms. The molecule has 7 heteroatoms. The van der Waals surface area contributed by atoms with Crippen LogP contribution in [0.2, 0.25) is 0 Å². The van der Waals surface area contributed by atoms with Crippen molar-refractivity contribution in [2.24, 2.45) is 0 Å². The van der Waals surface area contributed by atoms with E-state index in [1.807, 2.05) is 12.1 Å². The number of amides is 2. The summed E-state index contributed by atoms with van der Waals surface area (Å²) in [7, 11) is 1.54. The van der Waals surface area contributed by atoms with E-state index in [0.29, 0.717) is 29.3 Å². The molecule has 0 aliphatic carbocycles. The molecule has 7 nitrogen and oxygen atoms in total. The van der Waals surface area contributed by atoms with Crippen LogP contribution in [0.1, 0.15) is 12.8 Å². The third kappa shape index (κ3) is 4.05. The fourth-order valence-electron chi connectivity index (χ4n) is 2.75. The molecule has 1 saturated heterocycles. The normalized spacial score (nSPS) is 13.6. The van der Waals surface area contributed by atoms with Gasteiger partial charge in [-0.05, 0) is 42.8 Å². The van der Waals surface area contributed by atoms with Crippen LogP contribution in [0.3, 0.4) is 0 Å². The molecule has 2 amide bonds. The molecule has 1 heterocycles. The van der Waals surface area contributed by atoms with E-state index >= 15 is 0 Å². The molecule has 136 valence electrons. The van der Waals surface area contributed by atoms with Crippen molar-refractivity contribution in [1.29, 1.82) is 0 Å². The highest BCUT2D eigenvalue weighted by Gasteiger charge is 2.21. The van der Waals surface area contributed by atoms with Crippen LogP contribution in [0.15, 0.2) is 42.5 Å². The second-order valence-corrected chi connectivity index (χ2v) is 5.93. The molecule has 0 unspecified atom stereocenters. The first-order chi connectivity index (χ1) is 12.6. The first-order valence-electron chi connectivity index (χ1n) is 8.33. The fourth-order valence-corrected chi connectivity index (χ4v) is 2.75. The van der Waals surface area contributed by atoms with Crippen molar-refractivity contribution in [2.45, 2.75) is 12.8 Å². The van der Waals surface area contributed by atoms with Gasteiger partial charge in [0.25, 0.3) is 5.91 Å². The molecule has 0 radical (unpaired) electrons. The molecule has 2 aromatic rings. The van der Waals surface area contributed by atoms with Gasteiger partial charge in [0, 0.05) is 24.7 Å². The summed E-state index contributed by atoms with van der Waals surface area (Å²) in [6, 6.07) is 12.1. The number of nitrogen functional groups attached to an aromatic ring is 1. The molecule has 0 saturated carbocycles. The van der Waals surface area contributed by atoms with E-state index in [4.69, 9.17) is 15.2 Å². The first-order valence-corrected chi connectivity index (χ1v) is 8.33. The Balaban J connectivity index is 1.55.